The number of benzene rings is 1. The highest BCUT2D eigenvalue weighted by molar-refractivity contribution is 5.83. The Bertz CT molecular complexity index is 1610. The minimum atomic E-state index is -0.261. The summed E-state index contributed by atoms with van der Waals surface area (Å²) in [5, 5.41) is 6.31. The molecule has 1 aromatic carbocycles. The Morgan fingerprint density at radius 2 is 1.64 bits per heavy atom. The van der Waals surface area contributed by atoms with Crippen molar-refractivity contribution in [1.29, 1.82) is 0 Å². The molecule has 0 bridgehead atoms. The molecule has 42 heavy (non-hydrogen) atoms. The number of imidazole rings is 2. The highest BCUT2D eigenvalue weighted by Gasteiger charge is 2.12. The van der Waals surface area contributed by atoms with Gasteiger partial charge in [-0.15, -0.1) is 0 Å². The smallest absolute Gasteiger partial charge is 0.309 e. The van der Waals surface area contributed by atoms with E-state index in [1.165, 1.54) is 7.11 Å². The number of nitrogens with two attached hydrogens (primary N) is 2. The molecule has 7 N–H and O–H groups in total. The van der Waals surface area contributed by atoms with Crippen LogP contribution in [0.4, 0.5) is 23.5 Å². The number of hydrogen-bond donors (Lipinski definition) is 5. The van der Waals surface area contributed by atoms with Crippen LogP contribution in [0.5, 0.6) is 0 Å². The normalized spacial score (nSPS) is 10.8. The van der Waals surface area contributed by atoms with Gasteiger partial charge in [0.25, 0.3) is 0 Å². The standard InChI is InChI=1S/C19H24N6O2.C9H14N6/c1-3-4-8-21-19-23-17(20)16-18(24-19)25(12-22-16)11-14-7-5-6-13(9-14)10-15(26)27-2;1-2-3-4-11-9-14-7(10)6-8(15-9)13-5-12-6/h5-7,9,12H,3-4,8,10-11H2,1-2H3,(H3,20,21,23,24);5H,2-4H2,1H3,(H4,10,11,12,13,14,15). The number of fused-ring (bicyclic) bond motifs is 2. The molecule has 0 unspecified atom stereocenters. The van der Waals surface area contributed by atoms with Gasteiger partial charge in [0, 0.05) is 13.1 Å². The van der Waals surface area contributed by atoms with E-state index in [1.54, 1.807) is 12.7 Å². The molecular formula is C28H38N12O2. The summed E-state index contributed by atoms with van der Waals surface area (Å²) in [6, 6.07) is 7.81. The van der Waals surface area contributed by atoms with Crippen molar-refractivity contribution in [2.24, 2.45) is 0 Å². The van der Waals surface area contributed by atoms with Gasteiger partial charge in [-0.2, -0.15) is 19.9 Å². The molecule has 0 saturated heterocycles. The maximum atomic E-state index is 11.5. The molecule has 4 aromatic heterocycles. The van der Waals surface area contributed by atoms with Crippen LogP contribution in [0.2, 0.25) is 0 Å². The monoisotopic (exact) mass is 574 g/mol. The van der Waals surface area contributed by atoms with E-state index in [0.717, 1.165) is 49.9 Å². The van der Waals surface area contributed by atoms with Crippen molar-refractivity contribution >= 4 is 51.8 Å². The molecule has 0 aliphatic carbocycles. The van der Waals surface area contributed by atoms with E-state index in [2.05, 4.69) is 59.4 Å². The molecule has 0 saturated carbocycles. The number of anilines is 4. The Labute approximate surface area is 243 Å². The van der Waals surface area contributed by atoms with E-state index >= 15 is 0 Å². The fourth-order valence-electron chi connectivity index (χ4n) is 4.12. The fraction of sp³-hybridized carbons (Fsp3) is 0.393. The Morgan fingerprint density at radius 1 is 0.952 bits per heavy atom. The molecule has 5 aromatic rings. The number of H-pyrrole nitrogens is 1. The van der Waals surface area contributed by atoms with Gasteiger partial charge in [0.05, 0.1) is 32.7 Å². The Balaban J connectivity index is 0.000000227. The van der Waals surface area contributed by atoms with Crippen molar-refractivity contribution in [3.8, 4) is 0 Å². The maximum Gasteiger partial charge on any atom is 0.309 e. The minimum absolute atomic E-state index is 0.246. The lowest BCUT2D eigenvalue weighted by molar-refractivity contribution is -0.139. The van der Waals surface area contributed by atoms with E-state index in [1.807, 2.05) is 28.8 Å². The van der Waals surface area contributed by atoms with Crippen LogP contribution < -0.4 is 22.1 Å². The second-order valence-electron chi connectivity index (χ2n) is 9.64. The molecule has 0 atom stereocenters. The number of esters is 1. The van der Waals surface area contributed by atoms with Gasteiger partial charge in [0.1, 0.15) is 11.0 Å². The summed E-state index contributed by atoms with van der Waals surface area (Å²) < 4.78 is 6.66. The van der Waals surface area contributed by atoms with Crippen LogP contribution in [0.25, 0.3) is 22.3 Å². The molecule has 0 radical (unpaired) electrons. The summed E-state index contributed by atoms with van der Waals surface area (Å²) in [7, 11) is 1.39. The lowest BCUT2D eigenvalue weighted by Gasteiger charge is -2.08. The first-order chi connectivity index (χ1) is 20.4. The molecule has 14 heteroatoms. The van der Waals surface area contributed by atoms with Crippen molar-refractivity contribution in [2.75, 3.05) is 42.3 Å². The molecule has 0 amide bonds. The third-order valence-corrected chi connectivity index (χ3v) is 6.35. The average Bonchev–Trinajstić information content (AvgIpc) is 3.62. The van der Waals surface area contributed by atoms with E-state index in [-0.39, 0.29) is 12.4 Å². The van der Waals surface area contributed by atoms with E-state index in [9.17, 15) is 4.79 Å². The lowest BCUT2D eigenvalue weighted by atomic mass is 10.1. The van der Waals surface area contributed by atoms with Crippen LogP contribution in [0, 0.1) is 0 Å². The summed E-state index contributed by atoms with van der Waals surface area (Å²) in [6.07, 6.45) is 7.85. The number of nitrogen functional groups attached to an aromatic ring is 2. The third kappa shape index (κ3) is 7.80. The second kappa shape index (κ2) is 14.6. The quantitative estimate of drug-likeness (QED) is 0.107. The molecule has 0 spiro atoms. The predicted molar refractivity (Wildman–Crippen MR) is 164 cm³/mol. The summed E-state index contributed by atoms with van der Waals surface area (Å²) >= 11 is 0. The Morgan fingerprint density at radius 3 is 2.36 bits per heavy atom. The lowest BCUT2D eigenvalue weighted by Crippen LogP contribution is -2.09. The van der Waals surface area contributed by atoms with Gasteiger partial charge >= 0.3 is 5.97 Å². The summed E-state index contributed by atoms with van der Waals surface area (Å²) in [6.45, 7) is 6.48. The number of methoxy groups -OCH3 is 1. The predicted octanol–water partition coefficient (Wildman–Crippen LogP) is 3.53. The first-order valence-electron chi connectivity index (χ1n) is 14.0. The summed E-state index contributed by atoms with van der Waals surface area (Å²) in [5.74, 6) is 1.58. The zero-order chi connectivity index (χ0) is 29.9. The highest BCUT2D eigenvalue weighted by Crippen LogP contribution is 2.20. The number of unbranched alkanes of at least 4 members (excludes halogenated alkanes) is 2. The van der Waals surface area contributed by atoms with E-state index < -0.39 is 0 Å². The van der Waals surface area contributed by atoms with Crippen LogP contribution >= 0.6 is 0 Å². The molecule has 14 nitrogen and oxygen atoms in total. The fourth-order valence-corrected chi connectivity index (χ4v) is 4.12. The van der Waals surface area contributed by atoms with Crippen molar-refractivity contribution in [3.63, 3.8) is 0 Å². The molecule has 0 aliphatic heterocycles. The number of ether oxygens (including phenoxy) is 1. The SMILES string of the molecule is CCCCNc1nc(N)c2[nH]cnc2n1.CCCCNc1nc(N)c2ncn(Cc3cccc(CC(=O)OC)c3)c2n1. The van der Waals surface area contributed by atoms with Gasteiger partial charge in [-0.25, -0.2) is 9.97 Å². The maximum absolute atomic E-state index is 11.5. The van der Waals surface area contributed by atoms with Crippen LogP contribution in [0.15, 0.2) is 36.9 Å². The van der Waals surface area contributed by atoms with E-state index in [4.69, 9.17) is 16.2 Å². The molecule has 222 valence electrons. The van der Waals surface area contributed by atoms with Crippen molar-refractivity contribution in [3.05, 3.63) is 48.0 Å². The van der Waals surface area contributed by atoms with Crippen molar-refractivity contribution in [1.82, 2.24) is 39.5 Å². The zero-order valence-corrected chi connectivity index (χ0v) is 24.2. The largest absolute Gasteiger partial charge is 0.469 e. The number of nitrogens with zero attached hydrogens (tertiary/aromatic N) is 7. The number of nitrogens with one attached hydrogen (secondary N) is 3. The van der Waals surface area contributed by atoms with Gasteiger partial charge in [0.2, 0.25) is 11.9 Å². The van der Waals surface area contributed by atoms with E-state index in [0.29, 0.717) is 52.4 Å². The number of carbonyl (C=O) groups excluding carboxylic acids is 1. The Kier molecular flexibility index (Phi) is 10.4. The van der Waals surface area contributed by atoms with Crippen molar-refractivity contribution < 1.29 is 9.53 Å². The highest BCUT2D eigenvalue weighted by atomic mass is 16.5. The van der Waals surface area contributed by atoms with Gasteiger partial charge in [0.15, 0.2) is 22.9 Å². The number of carbonyl (C=O) groups is 1. The molecule has 4 heterocycles. The number of rotatable bonds is 12. The van der Waals surface area contributed by atoms with Crippen molar-refractivity contribution in [2.45, 2.75) is 52.5 Å². The van der Waals surface area contributed by atoms with Crippen LogP contribution in [0.3, 0.4) is 0 Å². The topological polar surface area (TPSA) is 200 Å². The van der Waals surface area contributed by atoms with Gasteiger partial charge in [-0.3, -0.25) is 4.79 Å². The van der Waals surface area contributed by atoms with Gasteiger partial charge in [-0.1, -0.05) is 51.0 Å². The molecule has 5 rings (SSSR count). The first-order valence-corrected chi connectivity index (χ1v) is 14.0. The van der Waals surface area contributed by atoms with Gasteiger partial charge in [-0.05, 0) is 24.0 Å². The molecule has 0 fully saturated rings. The van der Waals surface area contributed by atoms with Crippen LogP contribution in [-0.4, -0.2) is 65.6 Å². The molecular weight excluding hydrogens is 536 g/mol. The summed E-state index contributed by atoms with van der Waals surface area (Å²) in [5.41, 5.74) is 16.3. The molecule has 0 aliphatic rings. The van der Waals surface area contributed by atoms with Gasteiger partial charge < -0.3 is 36.4 Å². The number of aromatic amines is 1. The zero-order valence-electron chi connectivity index (χ0n) is 24.2. The van der Waals surface area contributed by atoms with Crippen LogP contribution in [0.1, 0.15) is 50.7 Å². The average molecular weight is 575 g/mol. The Hall–Kier alpha value is -5.01. The number of hydrogen-bond acceptors (Lipinski definition) is 12. The first kappa shape index (κ1) is 30.0. The number of aromatic nitrogens is 8. The van der Waals surface area contributed by atoms with Crippen LogP contribution in [-0.2, 0) is 22.5 Å². The minimum Gasteiger partial charge on any atom is -0.469 e. The summed E-state index contributed by atoms with van der Waals surface area (Å²) in [4.78, 5) is 40.0. The second-order valence-corrected chi connectivity index (χ2v) is 9.64. The third-order valence-electron chi connectivity index (χ3n) is 6.35.